The van der Waals surface area contributed by atoms with Crippen LogP contribution in [0.5, 0.6) is 0 Å². The van der Waals surface area contributed by atoms with Crippen LogP contribution < -0.4 is 5.32 Å². The SMILES string of the molecule is CC1OCCC1n1cncc1CNC(C)(C)C. The van der Waals surface area contributed by atoms with Crippen molar-refractivity contribution in [3.8, 4) is 0 Å². The van der Waals surface area contributed by atoms with Gasteiger partial charge < -0.3 is 14.6 Å². The Balaban J connectivity index is 2.06. The zero-order valence-corrected chi connectivity index (χ0v) is 11.2. The lowest BCUT2D eigenvalue weighted by molar-refractivity contribution is 0.107. The fourth-order valence-corrected chi connectivity index (χ4v) is 2.21. The maximum atomic E-state index is 5.62. The van der Waals surface area contributed by atoms with Crippen molar-refractivity contribution in [2.45, 2.75) is 58.3 Å². The van der Waals surface area contributed by atoms with Crippen molar-refractivity contribution in [2.24, 2.45) is 0 Å². The molecular formula is C13H23N3O. The zero-order valence-electron chi connectivity index (χ0n) is 11.2. The van der Waals surface area contributed by atoms with Crippen LogP contribution in [0, 0.1) is 0 Å². The summed E-state index contributed by atoms with van der Waals surface area (Å²) in [5.74, 6) is 0. The third-order valence-corrected chi connectivity index (χ3v) is 3.24. The standard InChI is InChI=1S/C13H23N3O/c1-10-12(5-6-17-10)16-9-14-7-11(16)8-15-13(2,3)4/h7,9-10,12,15H,5-6,8H2,1-4H3. The van der Waals surface area contributed by atoms with Crippen LogP contribution in [0.15, 0.2) is 12.5 Å². The molecule has 0 amide bonds. The summed E-state index contributed by atoms with van der Waals surface area (Å²) in [5.41, 5.74) is 1.37. The van der Waals surface area contributed by atoms with Crippen LogP contribution in [0.25, 0.3) is 0 Å². The Morgan fingerprint density at radius 3 is 2.88 bits per heavy atom. The van der Waals surface area contributed by atoms with E-state index in [0.717, 1.165) is 19.6 Å². The van der Waals surface area contributed by atoms with E-state index in [9.17, 15) is 0 Å². The van der Waals surface area contributed by atoms with Gasteiger partial charge in [0.05, 0.1) is 24.2 Å². The van der Waals surface area contributed by atoms with Gasteiger partial charge in [0.15, 0.2) is 0 Å². The summed E-state index contributed by atoms with van der Waals surface area (Å²) in [6.45, 7) is 10.4. The minimum absolute atomic E-state index is 0.132. The molecule has 4 nitrogen and oxygen atoms in total. The van der Waals surface area contributed by atoms with E-state index in [4.69, 9.17) is 4.74 Å². The van der Waals surface area contributed by atoms with E-state index in [1.165, 1.54) is 5.69 Å². The summed E-state index contributed by atoms with van der Waals surface area (Å²) in [6.07, 6.45) is 5.25. The second-order valence-corrected chi connectivity index (χ2v) is 5.83. The highest BCUT2D eigenvalue weighted by Gasteiger charge is 2.27. The molecule has 0 saturated carbocycles. The van der Waals surface area contributed by atoms with Gasteiger partial charge in [0, 0.05) is 24.9 Å². The number of rotatable bonds is 3. The van der Waals surface area contributed by atoms with Gasteiger partial charge in [0.1, 0.15) is 0 Å². The van der Waals surface area contributed by atoms with Crippen LogP contribution in [-0.2, 0) is 11.3 Å². The number of imidazole rings is 1. The Bertz CT molecular complexity index is 367. The molecule has 2 atom stereocenters. The van der Waals surface area contributed by atoms with E-state index in [0.29, 0.717) is 6.04 Å². The van der Waals surface area contributed by atoms with Crippen LogP contribution in [-0.4, -0.2) is 27.8 Å². The molecule has 0 radical (unpaired) electrons. The van der Waals surface area contributed by atoms with E-state index in [-0.39, 0.29) is 11.6 Å². The van der Waals surface area contributed by atoms with Gasteiger partial charge in [0.25, 0.3) is 0 Å². The predicted molar refractivity (Wildman–Crippen MR) is 67.9 cm³/mol. The molecule has 0 bridgehead atoms. The maximum Gasteiger partial charge on any atom is 0.0952 e. The molecule has 1 aromatic heterocycles. The van der Waals surface area contributed by atoms with E-state index in [2.05, 4.69) is 42.6 Å². The van der Waals surface area contributed by atoms with Crippen LogP contribution in [0.1, 0.15) is 45.9 Å². The largest absolute Gasteiger partial charge is 0.376 e. The normalized spacial score (nSPS) is 25.4. The van der Waals surface area contributed by atoms with Crippen molar-refractivity contribution in [1.82, 2.24) is 14.9 Å². The molecule has 2 rings (SSSR count). The number of hydrogen-bond acceptors (Lipinski definition) is 3. The van der Waals surface area contributed by atoms with Crippen LogP contribution in [0.4, 0.5) is 0 Å². The maximum absolute atomic E-state index is 5.62. The van der Waals surface area contributed by atoms with Crippen LogP contribution in [0.3, 0.4) is 0 Å². The molecule has 1 fully saturated rings. The fourth-order valence-electron chi connectivity index (χ4n) is 2.21. The summed E-state index contributed by atoms with van der Waals surface area (Å²) >= 11 is 0. The van der Waals surface area contributed by atoms with Gasteiger partial charge in [-0.2, -0.15) is 0 Å². The van der Waals surface area contributed by atoms with Crippen molar-refractivity contribution < 1.29 is 4.74 Å². The Morgan fingerprint density at radius 1 is 1.53 bits per heavy atom. The molecule has 0 spiro atoms. The first-order chi connectivity index (χ1) is 7.97. The average molecular weight is 237 g/mol. The summed E-state index contributed by atoms with van der Waals surface area (Å²) in [4.78, 5) is 4.27. The lowest BCUT2D eigenvalue weighted by atomic mass is 10.1. The molecular weight excluding hydrogens is 214 g/mol. The van der Waals surface area contributed by atoms with Crippen molar-refractivity contribution in [2.75, 3.05) is 6.61 Å². The molecule has 1 aromatic rings. The smallest absolute Gasteiger partial charge is 0.0952 e. The highest BCUT2D eigenvalue weighted by molar-refractivity contribution is 5.02. The third-order valence-electron chi connectivity index (χ3n) is 3.24. The van der Waals surface area contributed by atoms with Gasteiger partial charge >= 0.3 is 0 Å². The van der Waals surface area contributed by atoms with E-state index in [1.807, 2.05) is 12.5 Å². The lowest BCUT2D eigenvalue weighted by Gasteiger charge is -2.23. The van der Waals surface area contributed by atoms with Gasteiger partial charge in [-0.25, -0.2) is 4.98 Å². The molecule has 17 heavy (non-hydrogen) atoms. The number of aromatic nitrogens is 2. The van der Waals surface area contributed by atoms with Crippen molar-refractivity contribution in [3.63, 3.8) is 0 Å². The molecule has 1 N–H and O–H groups in total. The Morgan fingerprint density at radius 2 is 2.29 bits per heavy atom. The Hall–Kier alpha value is -0.870. The molecule has 1 aliphatic rings. The summed E-state index contributed by atoms with van der Waals surface area (Å²) in [6, 6.07) is 0.439. The van der Waals surface area contributed by atoms with Gasteiger partial charge in [-0.15, -0.1) is 0 Å². The summed E-state index contributed by atoms with van der Waals surface area (Å²) in [7, 11) is 0. The number of nitrogens with one attached hydrogen (secondary N) is 1. The van der Waals surface area contributed by atoms with Crippen LogP contribution in [0.2, 0.25) is 0 Å². The predicted octanol–water partition coefficient (Wildman–Crippen LogP) is 2.12. The first-order valence-corrected chi connectivity index (χ1v) is 6.35. The Kier molecular flexibility index (Phi) is 3.54. The second-order valence-electron chi connectivity index (χ2n) is 5.83. The molecule has 96 valence electrons. The second kappa shape index (κ2) is 4.78. The topological polar surface area (TPSA) is 39.1 Å². The van der Waals surface area contributed by atoms with Gasteiger partial charge in [-0.3, -0.25) is 0 Å². The number of nitrogens with zero attached hydrogens (tertiary/aromatic N) is 2. The fraction of sp³-hybridized carbons (Fsp3) is 0.769. The quantitative estimate of drug-likeness (QED) is 0.875. The van der Waals surface area contributed by atoms with Crippen LogP contribution >= 0.6 is 0 Å². The molecule has 1 saturated heterocycles. The Labute approximate surface area is 103 Å². The number of hydrogen-bond donors (Lipinski definition) is 1. The van der Waals surface area contributed by atoms with Crippen molar-refractivity contribution in [1.29, 1.82) is 0 Å². The summed E-state index contributed by atoms with van der Waals surface area (Å²) < 4.78 is 7.88. The molecule has 4 heteroatoms. The number of ether oxygens (including phenoxy) is 1. The van der Waals surface area contributed by atoms with Gasteiger partial charge in [-0.05, 0) is 34.1 Å². The highest BCUT2D eigenvalue weighted by atomic mass is 16.5. The van der Waals surface area contributed by atoms with E-state index >= 15 is 0 Å². The summed E-state index contributed by atoms with van der Waals surface area (Å²) in [5, 5.41) is 3.50. The monoisotopic (exact) mass is 237 g/mol. The molecule has 0 aromatic carbocycles. The lowest BCUT2D eigenvalue weighted by Crippen LogP contribution is -2.36. The minimum Gasteiger partial charge on any atom is -0.376 e. The third kappa shape index (κ3) is 3.07. The van der Waals surface area contributed by atoms with E-state index < -0.39 is 0 Å². The van der Waals surface area contributed by atoms with Crippen molar-refractivity contribution in [3.05, 3.63) is 18.2 Å². The molecule has 1 aliphatic heterocycles. The average Bonchev–Trinajstić information content (AvgIpc) is 2.81. The zero-order chi connectivity index (χ0) is 12.5. The first kappa shape index (κ1) is 12.6. The van der Waals surface area contributed by atoms with E-state index in [1.54, 1.807) is 0 Å². The molecule has 2 heterocycles. The first-order valence-electron chi connectivity index (χ1n) is 6.35. The minimum atomic E-state index is 0.132. The highest BCUT2D eigenvalue weighted by Crippen LogP contribution is 2.26. The molecule has 0 aliphatic carbocycles. The van der Waals surface area contributed by atoms with Gasteiger partial charge in [0.2, 0.25) is 0 Å². The molecule has 2 unspecified atom stereocenters. The van der Waals surface area contributed by atoms with Gasteiger partial charge in [-0.1, -0.05) is 0 Å². The van der Waals surface area contributed by atoms with Crippen molar-refractivity contribution >= 4 is 0 Å².